The Bertz CT molecular complexity index is 779. The Morgan fingerprint density at radius 3 is 2.41 bits per heavy atom. The molecule has 1 aromatic carbocycles. The van der Waals surface area contributed by atoms with Gasteiger partial charge in [0.15, 0.2) is 8.32 Å². The van der Waals surface area contributed by atoms with E-state index < -0.39 is 25.4 Å². The molecule has 1 aromatic rings. The lowest BCUT2D eigenvalue weighted by Gasteiger charge is -2.38. The van der Waals surface area contributed by atoms with Crippen molar-refractivity contribution in [2.75, 3.05) is 6.54 Å². The molecule has 29 heavy (non-hydrogen) atoms. The van der Waals surface area contributed by atoms with E-state index in [2.05, 4.69) is 33.9 Å². The Morgan fingerprint density at radius 2 is 1.93 bits per heavy atom. The van der Waals surface area contributed by atoms with Crippen molar-refractivity contribution < 1.29 is 18.9 Å². The minimum absolute atomic E-state index is 0.00510. The van der Waals surface area contributed by atoms with Crippen molar-refractivity contribution in [3.8, 4) is 0 Å². The van der Waals surface area contributed by atoms with E-state index in [1.165, 1.54) is 17.0 Å². The highest BCUT2D eigenvalue weighted by molar-refractivity contribution is 7.80. The summed E-state index contributed by atoms with van der Waals surface area (Å²) < 4.78 is 11.8. The molecule has 0 radical (unpaired) electrons. The second-order valence-electron chi connectivity index (χ2n) is 8.78. The molecule has 1 aliphatic rings. The lowest BCUT2D eigenvalue weighted by molar-refractivity contribution is -0.384. The van der Waals surface area contributed by atoms with E-state index in [1.54, 1.807) is 12.1 Å². The number of hydrogen-bond donors (Lipinski definition) is 1. The Morgan fingerprint density at radius 1 is 1.34 bits per heavy atom. The summed E-state index contributed by atoms with van der Waals surface area (Å²) in [7, 11) is -2.00. The minimum atomic E-state index is -2.00. The van der Waals surface area contributed by atoms with E-state index in [-0.39, 0.29) is 28.4 Å². The molecule has 0 saturated carbocycles. The Kier molecular flexibility index (Phi) is 7.02. The first-order valence-corrected chi connectivity index (χ1v) is 12.8. The van der Waals surface area contributed by atoms with E-state index >= 15 is 0 Å². The third-order valence-electron chi connectivity index (χ3n) is 5.60. The van der Waals surface area contributed by atoms with Crippen LogP contribution in [0.5, 0.6) is 0 Å². The number of amides is 1. The molecule has 2 rings (SSSR count). The molecule has 1 heterocycles. The molecular weight excluding hydrogens is 410 g/mol. The minimum Gasteiger partial charge on any atom is -0.445 e. The molecule has 8 nitrogen and oxygen atoms in total. The van der Waals surface area contributed by atoms with Crippen LogP contribution in [0.15, 0.2) is 24.3 Å². The third kappa shape index (κ3) is 5.74. The van der Waals surface area contributed by atoms with Crippen LogP contribution in [-0.4, -0.2) is 47.9 Å². The average molecular weight is 440 g/mol. The first-order chi connectivity index (χ1) is 13.3. The number of hydrogen-bond acceptors (Lipinski definition) is 6. The number of likely N-dealkylation sites (tertiary alicyclic amines) is 1. The highest BCUT2D eigenvalue weighted by Crippen LogP contribution is 2.39. The zero-order valence-corrected chi connectivity index (χ0v) is 19.3. The molecule has 1 amide bonds. The Labute approximate surface area is 177 Å². The van der Waals surface area contributed by atoms with E-state index in [0.717, 1.165) is 0 Å². The molecule has 2 atom stereocenters. The molecule has 160 valence electrons. The molecule has 0 spiro atoms. The monoisotopic (exact) mass is 439 g/mol. The van der Waals surface area contributed by atoms with Crippen LogP contribution in [0, 0.1) is 10.1 Å². The number of carbonyl (C=O) groups excluding carboxylic acids is 1. The molecule has 10 heteroatoms. The fourth-order valence-corrected chi connectivity index (χ4v) is 4.47. The number of nitrogens with zero attached hydrogens (tertiary/aromatic N) is 2. The lowest BCUT2D eigenvalue weighted by Crippen LogP contribution is -2.45. The quantitative estimate of drug-likeness (QED) is 0.309. The molecule has 0 aliphatic carbocycles. The highest BCUT2D eigenvalue weighted by atomic mass is 32.1. The summed E-state index contributed by atoms with van der Waals surface area (Å²) >= 11 is 5.16. The van der Waals surface area contributed by atoms with Crippen LogP contribution in [0.1, 0.15) is 32.8 Å². The average Bonchev–Trinajstić information content (AvgIpc) is 3.02. The van der Waals surface area contributed by atoms with Gasteiger partial charge in [-0.1, -0.05) is 33.0 Å². The van der Waals surface area contributed by atoms with Gasteiger partial charge in [0.1, 0.15) is 6.61 Å². The lowest BCUT2D eigenvalue weighted by atomic mass is 10.2. The van der Waals surface area contributed by atoms with Crippen LogP contribution in [0.25, 0.3) is 0 Å². The van der Waals surface area contributed by atoms with Gasteiger partial charge in [0.25, 0.3) is 5.69 Å². The number of non-ortho nitro benzene ring substituents is 1. The number of nitro groups is 1. The maximum atomic E-state index is 12.7. The van der Waals surface area contributed by atoms with Crippen molar-refractivity contribution in [2.45, 2.75) is 64.1 Å². The summed E-state index contributed by atoms with van der Waals surface area (Å²) in [6.45, 7) is 11.2. The zero-order valence-electron chi connectivity index (χ0n) is 17.5. The first kappa shape index (κ1) is 23.2. The first-order valence-electron chi connectivity index (χ1n) is 9.45. The smallest absolute Gasteiger partial charge is 0.410 e. The van der Waals surface area contributed by atoms with Gasteiger partial charge in [0.2, 0.25) is 0 Å². The van der Waals surface area contributed by atoms with Crippen LogP contribution in [0.2, 0.25) is 18.1 Å². The fraction of sp³-hybridized carbons (Fsp3) is 0.579. The predicted octanol–water partition coefficient (Wildman–Crippen LogP) is 3.98. The standard InChI is InChI=1S/C19H29N3O5SSi/c1-19(2,3)29(4,5)27-15-10-16(17(20)28)21(11-15)18(23)26-12-13-6-8-14(9-7-13)22(24)25/h6-9,15-16H,10-12H2,1-5H3,(H2,20,28)/t15-,16+/m1/s1. The van der Waals surface area contributed by atoms with Crippen LogP contribution in [0.4, 0.5) is 10.5 Å². The van der Waals surface area contributed by atoms with Gasteiger partial charge < -0.3 is 14.9 Å². The van der Waals surface area contributed by atoms with Gasteiger partial charge in [-0.25, -0.2) is 4.79 Å². The number of benzene rings is 1. The van der Waals surface area contributed by atoms with Gasteiger partial charge in [-0.3, -0.25) is 15.0 Å². The number of rotatable bonds is 6. The molecule has 1 fully saturated rings. The molecule has 0 bridgehead atoms. The van der Waals surface area contributed by atoms with Crippen LogP contribution < -0.4 is 5.73 Å². The second-order valence-corrected chi connectivity index (χ2v) is 14.0. The van der Waals surface area contributed by atoms with E-state index in [1.807, 2.05) is 0 Å². The van der Waals surface area contributed by atoms with Crippen molar-refractivity contribution in [3.63, 3.8) is 0 Å². The van der Waals surface area contributed by atoms with Gasteiger partial charge in [-0.15, -0.1) is 0 Å². The summed E-state index contributed by atoms with van der Waals surface area (Å²) in [5, 5.41) is 10.8. The van der Waals surface area contributed by atoms with Crippen molar-refractivity contribution in [2.24, 2.45) is 5.73 Å². The Balaban J connectivity index is 2.02. The van der Waals surface area contributed by atoms with Crippen LogP contribution in [-0.2, 0) is 15.8 Å². The van der Waals surface area contributed by atoms with Gasteiger partial charge in [-0.05, 0) is 35.8 Å². The van der Waals surface area contributed by atoms with E-state index in [4.69, 9.17) is 27.1 Å². The highest BCUT2D eigenvalue weighted by Gasteiger charge is 2.44. The Hall–Kier alpha value is -2.04. The van der Waals surface area contributed by atoms with Gasteiger partial charge >= 0.3 is 6.09 Å². The number of nitrogens with two attached hydrogens (primary N) is 1. The van der Waals surface area contributed by atoms with E-state index in [0.29, 0.717) is 18.5 Å². The van der Waals surface area contributed by atoms with Crippen molar-refractivity contribution >= 4 is 37.3 Å². The third-order valence-corrected chi connectivity index (χ3v) is 10.4. The fourth-order valence-electron chi connectivity index (χ4n) is 2.89. The summed E-state index contributed by atoms with van der Waals surface area (Å²) in [4.78, 5) is 24.7. The van der Waals surface area contributed by atoms with Crippen molar-refractivity contribution in [1.82, 2.24) is 4.90 Å². The van der Waals surface area contributed by atoms with Crippen LogP contribution in [0.3, 0.4) is 0 Å². The summed E-state index contributed by atoms with van der Waals surface area (Å²) in [6.07, 6.45) is -0.120. The predicted molar refractivity (Wildman–Crippen MR) is 117 cm³/mol. The summed E-state index contributed by atoms with van der Waals surface area (Å²) in [5.41, 5.74) is 6.51. The maximum Gasteiger partial charge on any atom is 0.410 e. The molecule has 1 saturated heterocycles. The van der Waals surface area contributed by atoms with Crippen molar-refractivity contribution in [3.05, 3.63) is 39.9 Å². The molecular formula is C19H29N3O5SSi. The van der Waals surface area contributed by atoms with Crippen molar-refractivity contribution in [1.29, 1.82) is 0 Å². The number of thiocarbonyl (C=S) groups is 1. The normalized spacial score (nSPS) is 19.8. The largest absolute Gasteiger partial charge is 0.445 e. The molecule has 0 aromatic heterocycles. The summed E-state index contributed by atoms with van der Waals surface area (Å²) in [6, 6.07) is 5.46. The van der Waals surface area contributed by atoms with Gasteiger partial charge in [-0.2, -0.15) is 0 Å². The van der Waals surface area contributed by atoms with Crippen LogP contribution >= 0.6 is 12.2 Å². The van der Waals surface area contributed by atoms with Gasteiger partial charge in [0.05, 0.1) is 22.1 Å². The maximum absolute atomic E-state index is 12.7. The SMILES string of the molecule is CC(C)(C)[Si](C)(C)O[C@@H]1C[C@@H](C(N)=S)N(C(=O)OCc2ccc([N+](=O)[O-])cc2)C1. The number of carbonyl (C=O) groups is 1. The molecule has 0 unspecified atom stereocenters. The zero-order chi connectivity index (χ0) is 22.0. The molecule has 1 aliphatic heterocycles. The topological polar surface area (TPSA) is 108 Å². The second kappa shape index (κ2) is 8.76. The summed E-state index contributed by atoms with van der Waals surface area (Å²) in [5.74, 6) is 0. The number of nitro benzene ring substituents is 1. The number of ether oxygens (including phenoxy) is 1. The van der Waals surface area contributed by atoms with Gasteiger partial charge in [0, 0.05) is 25.1 Å². The van der Waals surface area contributed by atoms with E-state index in [9.17, 15) is 14.9 Å². The molecule has 2 N–H and O–H groups in total.